The van der Waals surface area contributed by atoms with Crippen molar-refractivity contribution in [2.24, 2.45) is 7.05 Å². The summed E-state index contributed by atoms with van der Waals surface area (Å²) in [4.78, 5) is 16.7. The topological polar surface area (TPSA) is 59.8 Å². The van der Waals surface area contributed by atoms with E-state index in [0.29, 0.717) is 13.0 Å². The third kappa shape index (κ3) is 3.74. The van der Waals surface area contributed by atoms with Crippen LogP contribution < -0.4 is 5.32 Å². The summed E-state index contributed by atoms with van der Waals surface area (Å²) in [5, 5.41) is 10.4. The SMILES string of the molecule is Cc1nn(C)c(C)c1CC(=O)NCc1csc(C(C)(C)C)n1. The number of aryl methyl sites for hydroxylation is 2. The molecule has 0 saturated carbocycles. The van der Waals surface area contributed by atoms with Crippen LogP contribution in [-0.4, -0.2) is 20.7 Å². The van der Waals surface area contributed by atoms with Crippen LogP contribution >= 0.6 is 11.3 Å². The fraction of sp³-hybridized carbons (Fsp3) is 0.562. The molecule has 0 bridgehead atoms. The van der Waals surface area contributed by atoms with Gasteiger partial charge in [0, 0.05) is 29.1 Å². The number of amides is 1. The number of nitrogens with one attached hydrogen (secondary N) is 1. The molecule has 0 atom stereocenters. The highest BCUT2D eigenvalue weighted by Gasteiger charge is 2.18. The van der Waals surface area contributed by atoms with Crippen molar-refractivity contribution in [3.05, 3.63) is 33.0 Å². The lowest BCUT2D eigenvalue weighted by atomic mass is 9.98. The third-order valence-electron chi connectivity index (χ3n) is 3.66. The lowest BCUT2D eigenvalue weighted by Gasteiger charge is -2.13. The summed E-state index contributed by atoms with van der Waals surface area (Å²) in [5.74, 6) is 0.00417. The standard InChI is InChI=1S/C16H24N4OS/c1-10-13(11(2)20(6)19-10)7-14(21)17-8-12-9-22-15(18-12)16(3,4)5/h9H,7-8H2,1-6H3,(H,17,21). The van der Waals surface area contributed by atoms with Gasteiger partial charge in [-0.05, 0) is 13.8 Å². The maximum Gasteiger partial charge on any atom is 0.224 e. The van der Waals surface area contributed by atoms with Crippen molar-refractivity contribution in [1.29, 1.82) is 0 Å². The van der Waals surface area contributed by atoms with E-state index >= 15 is 0 Å². The zero-order chi connectivity index (χ0) is 16.5. The molecule has 1 amide bonds. The summed E-state index contributed by atoms with van der Waals surface area (Å²) in [7, 11) is 1.90. The first-order chi connectivity index (χ1) is 10.2. The molecule has 2 rings (SSSR count). The minimum atomic E-state index is 0.00417. The van der Waals surface area contributed by atoms with Gasteiger partial charge in [-0.2, -0.15) is 5.10 Å². The highest BCUT2D eigenvalue weighted by molar-refractivity contribution is 7.09. The molecule has 1 N–H and O–H groups in total. The third-order valence-corrected chi connectivity index (χ3v) is 4.97. The minimum Gasteiger partial charge on any atom is -0.350 e. The van der Waals surface area contributed by atoms with E-state index in [-0.39, 0.29) is 11.3 Å². The van der Waals surface area contributed by atoms with Crippen molar-refractivity contribution < 1.29 is 4.79 Å². The Balaban J connectivity index is 1.94. The van der Waals surface area contributed by atoms with Crippen LogP contribution in [0, 0.1) is 13.8 Å². The number of aromatic nitrogens is 3. The van der Waals surface area contributed by atoms with Gasteiger partial charge >= 0.3 is 0 Å². The highest BCUT2D eigenvalue weighted by Crippen LogP contribution is 2.25. The summed E-state index contributed by atoms with van der Waals surface area (Å²) in [6.45, 7) is 10.8. The van der Waals surface area contributed by atoms with Crippen LogP contribution in [0.15, 0.2) is 5.38 Å². The zero-order valence-corrected chi connectivity index (χ0v) is 15.0. The van der Waals surface area contributed by atoms with Gasteiger partial charge in [0.15, 0.2) is 0 Å². The Morgan fingerprint density at radius 2 is 2.05 bits per heavy atom. The van der Waals surface area contributed by atoms with Gasteiger partial charge < -0.3 is 5.32 Å². The summed E-state index contributed by atoms with van der Waals surface area (Å²) in [5.41, 5.74) is 3.93. The number of thiazole rings is 1. The monoisotopic (exact) mass is 320 g/mol. The molecule has 5 nitrogen and oxygen atoms in total. The molecule has 0 unspecified atom stereocenters. The number of hydrogen-bond donors (Lipinski definition) is 1. The largest absolute Gasteiger partial charge is 0.350 e. The van der Waals surface area contributed by atoms with E-state index in [1.165, 1.54) is 0 Å². The Morgan fingerprint density at radius 3 is 2.55 bits per heavy atom. The quantitative estimate of drug-likeness (QED) is 0.942. The molecule has 0 saturated heterocycles. The predicted molar refractivity (Wildman–Crippen MR) is 89.0 cm³/mol. The van der Waals surface area contributed by atoms with E-state index in [9.17, 15) is 4.79 Å². The van der Waals surface area contributed by atoms with Crippen molar-refractivity contribution in [2.75, 3.05) is 0 Å². The predicted octanol–water partition coefficient (Wildman–Crippen LogP) is 2.65. The molecule has 2 aromatic rings. The Morgan fingerprint density at radius 1 is 1.36 bits per heavy atom. The molecule has 0 aromatic carbocycles. The van der Waals surface area contributed by atoms with Crippen LogP contribution in [0.5, 0.6) is 0 Å². The van der Waals surface area contributed by atoms with Gasteiger partial charge in [-0.3, -0.25) is 9.48 Å². The van der Waals surface area contributed by atoms with Crippen molar-refractivity contribution in [3.63, 3.8) is 0 Å². The van der Waals surface area contributed by atoms with Gasteiger partial charge in [0.05, 0.1) is 29.4 Å². The average molecular weight is 320 g/mol. The molecule has 2 heterocycles. The van der Waals surface area contributed by atoms with E-state index in [1.807, 2.05) is 31.0 Å². The van der Waals surface area contributed by atoms with Gasteiger partial charge in [-0.1, -0.05) is 20.8 Å². The number of carbonyl (C=O) groups excluding carboxylic acids is 1. The van der Waals surface area contributed by atoms with Crippen LogP contribution in [0.3, 0.4) is 0 Å². The molecule has 0 radical (unpaired) electrons. The Bertz CT molecular complexity index is 679. The molecule has 120 valence electrons. The number of nitrogens with zero attached hydrogens (tertiary/aromatic N) is 3. The summed E-state index contributed by atoms with van der Waals surface area (Å²) >= 11 is 1.64. The molecule has 6 heteroatoms. The van der Waals surface area contributed by atoms with Crippen LogP contribution in [0.4, 0.5) is 0 Å². The molecular weight excluding hydrogens is 296 g/mol. The number of rotatable bonds is 4. The normalized spacial score (nSPS) is 11.7. The Hall–Kier alpha value is -1.69. The molecule has 2 aromatic heterocycles. The number of hydrogen-bond acceptors (Lipinski definition) is 4. The Kier molecular flexibility index (Phi) is 4.70. The van der Waals surface area contributed by atoms with Crippen LogP contribution in [0.25, 0.3) is 0 Å². The van der Waals surface area contributed by atoms with Crippen LogP contribution in [-0.2, 0) is 30.2 Å². The molecule has 0 aliphatic carbocycles. The molecule has 0 aliphatic heterocycles. The van der Waals surface area contributed by atoms with E-state index in [0.717, 1.165) is 27.7 Å². The second-order valence-electron chi connectivity index (χ2n) is 6.62. The first-order valence-corrected chi connectivity index (χ1v) is 8.27. The van der Waals surface area contributed by atoms with Gasteiger partial charge in [0.2, 0.25) is 5.91 Å². The second kappa shape index (κ2) is 6.20. The first kappa shape index (κ1) is 16.7. The van der Waals surface area contributed by atoms with Crippen LogP contribution in [0.1, 0.15) is 48.4 Å². The van der Waals surface area contributed by atoms with Crippen LogP contribution in [0.2, 0.25) is 0 Å². The summed E-state index contributed by atoms with van der Waals surface area (Å²) in [6, 6.07) is 0. The second-order valence-corrected chi connectivity index (χ2v) is 7.48. The molecular formula is C16H24N4OS. The lowest BCUT2D eigenvalue weighted by molar-refractivity contribution is -0.120. The van der Waals surface area contributed by atoms with E-state index in [2.05, 4.69) is 36.2 Å². The average Bonchev–Trinajstić information content (AvgIpc) is 2.97. The maximum absolute atomic E-state index is 12.1. The van der Waals surface area contributed by atoms with Gasteiger partial charge in [0.1, 0.15) is 0 Å². The smallest absolute Gasteiger partial charge is 0.224 e. The fourth-order valence-corrected chi connectivity index (χ4v) is 3.13. The highest BCUT2D eigenvalue weighted by atomic mass is 32.1. The van der Waals surface area contributed by atoms with E-state index < -0.39 is 0 Å². The van der Waals surface area contributed by atoms with Crippen molar-refractivity contribution in [2.45, 2.75) is 53.0 Å². The molecule has 0 spiro atoms. The Labute approximate surface area is 135 Å². The molecule has 0 fully saturated rings. The van der Waals surface area contributed by atoms with Gasteiger partial charge in [0.25, 0.3) is 0 Å². The summed E-state index contributed by atoms with van der Waals surface area (Å²) < 4.78 is 1.81. The van der Waals surface area contributed by atoms with E-state index in [4.69, 9.17) is 0 Å². The lowest BCUT2D eigenvalue weighted by Crippen LogP contribution is -2.25. The zero-order valence-electron chi connectivity index (χ0n) is 14.1. The minimum absolute atomic E-state index is 0.00417. The van der Waals surface area contributed by atoms with E-state index in [1.54, 1.807) is 11.3 Å². The molecule has 0 aliphatic rings. The van der Waals surface area contributed by atoms with Crippen molar-refractivity contribution >= 4 is 17.2 Å². The van der Waals surface area contributed by atoms with Gasteiger partial charge in [-0.25, -0.2) is 4.98 Å². The van der Waals surface area contributed by atoms with Gasteiger partial charge in [-0.15, -0.1) is 11.3 Å². The first-order valence-electron chi connectivity index (χ1n) is 7.39. The summed E-state index contributed by atoms with van der Waals surface area (Å²) in [6.07, 6.45) is 0.363. The number of carbonyl (C=O) groups is 1. The maximum atomic E-state index is 12.1. The molecule has 22 heavy (non-hydrogen) atoms. The van der Waals surface area contributed by atoms with Crippen molar-refractivity contribution in [3.8, 4) is 0 Å². The van der Waals surface area contributed by atoms with Crippen molar-refractivity contribution in [1.82, 2.24) is 20.1 Å². The fourth-order valence-electron chi connectivity index (χ4n) is 2.22.